The Morgan fingerprint density at radius 2 is 1.64 bits per heavy atom. The number of halogens is 1. The second-order valence-electron chi connectivity index (χ2n) is 6.38. The molecule has 1 fully saturated rings. The van der Waals surface area contributed by atoms with Gasteiger partial charge in [0.05, 0.1) is 15.5 Å². The molecule has 148 valence electrons. The van der Waals surface area contributed by atoms with E-state index in [4.69, 9.17) is 23.8 Å². The number of carbonyl (C=O) groups excluding carboxylic acids is 1. The van der Waals surface area contributed by atoms with Crippen molar-refractivity contribution in [1.29, 1.82) is 0 Å². The van der Waals surface area contributed by atoms with E-state index in [1.54, 1.807) is 36.4 Å². The van der Waals surface area contributed by atoms with Crippen LogP contribution < -0.4 is 10.6 Å². The van der Waals surface area contributed by atoms with Gasteiger partial charge in [-0.25, -0.2) is 8.42 Å². The predicted octanol–water partition coefficient (Wildman–Crippen LogP) is 3.64. The molecule has 0 spiro atoms. The standard InChI is InChI=1S/C19H20ClN3O3S2/c20-17-7-3-2-6-16(17)18(24)22-19(27)21-14-8-10-15(11-9-14)28(25,26)23-12-4-1-5-13-23/h2-3,6-11H,1,4-5,12-13H2,(H2,21,22,24,27). The molecule has 0 aliphatic carbocycles. The smallest absolute Gasteiger partial charge is 0.258 e. The Hall–Kier alpha value is -2.00. The Balaban J connectivity index is 1.63. The highest BCUT2D eigenvalue weighted by molar-refractivity contribution is 7.89. The lowest BCUT2D eigenvalue weighted by Crippen LogP contribution is -2.35. The molecule has 0 radical (unpaired) electrons. The van der Waals surface area contributed by atoms with E-state index in [0.717, 1.165) is 19.3 Å². The van der Waals surface area contributed by atoms with E-state index in [-0.39, 0.29) is 10.0 Å². The fourth-order valence-corrected chi connectivity index (χ4v) is 4.89. The number of sulfonamides is 1. The van der Waals surface area contributed by atoms with E-state index in [0.29, 0.717) is 29.4 Å². The summed E-state index contributed by atoms with van der Waals surface area (Å²) < 4.78 is 26.9. The fourth-order valence-electron chi connectivity index (χ4n) is 2.94. The van der Waals surface area contributed by atoms with Gasteiger partial charge in [-0.05, 0) is 61.5 Å². The van der Waals surface area contributed by atoms with Crippen molar-refractivity contribution in [2.24, 2.45) is 0 Å². The molecule has 0 saturated carbocycles. The number of nitrogens with zero attached hydrogens (tertiary/aromatic N) is 1. The number of piperidine rings is 1. The lowest BCUT2D eigenvalue weighted by atomic mass is 10.2. The number of hydrogen-bond donors (Lipinski definition) is 2. The summed E-state index contributed by atoms with van der Waals surface area (Å²) in [7, 11) is -3.48. The first-order chi connectivity index (χ1) is 13.4. The van der Waals surface area contributed by atoms with Crippen LogP contribution in [0.4, 0.5) is 5.69 Å². The highest BCUT2D eigenvalue weighted by Crippen LogP contribution is 2.22. The van der Waals surface area contributed by atoms with E-state index in [2.05, 4.69) is 10.6 Å². The molecule has 0 bridgehead atoms. The summed E-state index contributed by atoms with van der Waals surface area (Å²) >= 11 is 11.2. The van der Waals surface area contributed by atoms with Gasteiger partial charge in [-0.3, -0.25) is 10.1 Å². The number of nitrogens with one attached hydrogen (secondary N) is 2. The van der Waals surface area contributed by atoms with Crippen LogP contribution in [0.3, 0.4) is 0 Å². The summed E-state index contributed by atoms with van der Waals surface area (Å²) in [4.78, 5) is 12.5. The van der Waals surface area contributed by atoms with Crippen molar-refractivity contribution < 1.29 is 13.2 Å². The largest absolute Gasteiger partial charge is 0.332 e. The van der Waals surface area contributed by atoms with Crippen molar-refractivity contribution in [3.63, 3.8) is 0 Å². The molecule has 0 unspecified atom stereocenters. The molecule has 3 rings (SSSR count). The Bertz CT molecular complexity index is 972. The summed E-state index contributed by atoms with van der Waals surface area (Å²) in [5, 5.41) is 5.84. The highest BCUT2D eigenvalue weighted by Gasteiger charge is 2.25. The molecule has 2 aromatic rings. The third-order valence-corrected chi connectivity index (χ3v) is 6.86. The van der Waals surface area contributed by atoms with Gasteiger partial charge >= 0.3 is 0 Å². The molecular weight excluding hydrogens is 418 g/mol. The predicted molar refractivity (Wildman–Crippen MR) is 114 cm³/mol. The minimum absolute atomic E-state index is 0.0940. The van der Waals surface area contributed by atoms with E-state index >= 15 is 0 Å². The molecule has 2 N–H and O–H groups in total. The summed E-state index contributed by atoms with van der Waals surface area (Å²) in [6.07, 6.45) is 2.84. The monoisotopic (exact) mass is 437 g/mol. The molecule has 9 heteroatoms. The molecule has 0 aromatic heterocycles. The molecular formula is C19H20ClN3O3S2. The van der Waals surface area contributed by atoms with Crippen LogP contribution in [0.2, 0.25) is 5.02 Å². The van der Waals surface area contributed by atoms with Gasteiger partial charge in [-0.15, -0.1) is 0 Å². The molecule has 2 aromatic carbocycles. The molecule has 1 aliphatic rings. The SMILES string of the molecule is O=C(NC(=S)Nc1ccc(S(=O)(=O)N2CCCCC2)cc1)c1ccccc1Cl. The van der Waals surface area contributed by atoms with Gasteiger partial charge in [0.25, 0.3) is 5.91 Å². The van der Waals surface area contributed by atoms with Crippen molar-refractivity contribution in [2.75, 3.05) is 18.4 Å². The molecule has 0 atom stereocenters. The van der Waals surface area contributed by atoms with Crippen LogP contribution in [-0.4, -0.2) is 36.8 Å². The van der Waals surface area contributed by atoms with E-state index in [9.17, 15) is 13.2 Å². The molecule has 6 nitrogen and oxygen atoms in total. The van der Waals surface area contributed by atoms with E-state index in [1.165, 1.54) is 16.4 Å². The lowest BCUT2D eigenvalue weighted by Gasteiger charge is -2.25. The van der Waals surface area contributed by atoms with Gasteiger partial charge in [0.1, 0.15) is 0 Å². The lowest BCUT2D eigenvalue weighted by molar-refractivity contribution is 0.0978. The van der Waals surface area contributed by atoms with Gasteiger partial charge in [0.2, 0.25) is 10.0 Å². The number of hydrogen-bond acceptors (Lipinski definition) is 4. The second-order valence-corrected chi connectivity index (χ2v) is 9.13. The maximum atomic E-state index is 12.7. The van der Waals surface area contributed by atoms with E-state index < -0.39 is 15.9 Å². The van der Waals surface area contributed by atoms with Crippen molar-refractivity contribution in [1.82, 2.24) is 9.62 Å². The van der Waals surface area contributed by atoms with Crippen LogP contribution in [0, 0.1) is 0 Å². The van der Waals surface area contributed by atoms with Crippen LogP contribution in [0.1, 0.15) is 29.6 Å². The quantitative estimate of drug-likeness (QED) is 0.714. The van der Waals surface area contributed by atoms with Crippen molar-refractivity contribution in [3.05, 3.63) is 59.1 Å². The first-order valence-corrected chi connectivity index (χ1v) is 11.1. The zero-order valence-electron chi connectivity index (χ0n) is 15.0. The van der Waals surface area contributed by atoms with Crippen LogP contribution in [0.15, 0.2) is 53.4 Å². The first kappa shape index (κ1) is 20.7. The van der Waals surface area contributed by atoms with Gasteiger partial charge in [0.15, 0.2) is 5.11 Å². The van der Waals surface area contributed by atoms with Gasteiger partial charge < -0.3 is 5.32 Å². The van der Waals surface area contributed by atoms with Crippen molar-refractivity contribution >= 4 is 50.5 Å². The Morgan fingerprint density at radius 1 is 1.00 bits per heavy atom. The normalized spacial score (nSPS) is 15.0. The topological polar surface area (TPSA) is 78.5 Å². The summed E-state index contributed by atoms with van der Waals surface area (Å²) in [6, 6.07) is 13.0. The maximum Gasteiger partial charge on any atom is 0.258 e. The highest BCUT2D eigenvalue weighted by atomic mass is 35.5. The molecule has 28 heavy (non-hydrogen) atoms. The minimum Gasteiger partial charge on any atom is -0.332 e. The maximum absolute atomic E-state index is 12.7. The molecule has 1 amide bonds. The number of carbonyl (C=O) groups is 1. The zero-order valence-corrected chi connectivity index (χ0v) is 17.4. The molecule has 1 heterocycles. The van der Waals surface area contributed by atoms with E-state index in [1.807, 2.05) is 0 Å². The number of amides is 1. The average molecular weight is 438 g/mol. The zero-order chi connectivity index (χ0) is 20.1. The number of thiocarbonyl (C=S) groups is 1. The van der Waals surface area contributed by atoms with Gasteiger partial charge in [-0.2, -0.15) is 4.31 Å². The third-order valence-electron chi connectivity index (χ3n) is 4.41. The van der Waals surface area contributed by atoms with Crippen LogP contribution in [0.25, 0.3) is 0 Å². The summed E-state index contributed by atoms with van der Waals surface area (Å²) in [5.41, 5.74) is 0.887. The Kier molecular flexibility index (Phi) is 6.66. The number of benzene rings is 2. The van der Waals surface area contributed by atoms with Gasteiger partial charge in [-0.1, -0.05) is 30.2 Å². The summed E-state index contributed by atoms with van der Waals surface area (Å²) in [5.74, 6) is -0.424. The fraction of sp³-hybridized carbons (Fsp3) is 0.263. The summed E-state index contributed by atoms with van der Waals surface area (Å²) in [6.45, 7) is 1.11. The second kappa shape index (κ2) is 9.00. The number of rotatable bonds is 4. The average Bonchev–Trinajstić information content (AvgIpc) is 2.69. The first-order valence-electron chi connectivity index (χ1n) is 8.85. The Morgan fingerprint density at radius 3 is 2.29 bits per heavy atom. The van der Waals surface area contributed by atoms with Crippen LogP contribution >= 0.6 is 23.8 Å². The van der Waals surface area contributed by atoms with Crippen molar-refractivity contribution in [2.45, 2.75) is 24.2 Å². The van der Waals surface area contributed by atoms with Crippen molar-refractivity contribution in [3.8, 4) is 0 Å². The van der Waals surface area contributed by atoms with Gasteiger partial charge in [0, 0.05) is 18.8 Å². The third kappa shape index (κ3) is 4.88. The van der Waals surface area contributed by atoms with Crippen LogP contribution in [0.5, 0.6) is 0 Å². The Labute approximate surface area is 174 Å². The minimum atomic E-state index is -3.48. The molecule has 1 saturated heterocycles. The number of anilines is 1. The van der Waals surface area contributed by atoms with Crippen LogP contribution in [-0.2, 0) is 10.0 Å². The molecule has 1 aliphatic heterocycles.